The first-order valence-electron chi connectivity index (χ1n) is 8.54. The summed E-state index contributed by atoms with van der Waals surface area (Å²) in [6.45, 7) is 3.36. The second kappa shape index (κ2) is 8.50. The highest BCUT2D eigenvalue weighted by molar-refractivity contribution is 7.89. The summed E-state index contributed by atoms with van der Waals surface area (Å²) in [5.41, 5.74) is 2.06. The Kier molecular flexibility index (Phi) is 6.05. The number of halogens is 1. The Morgan fingerprint density at radius 1 is 1.10 bits per heavy atom. The van der Waals surface area contributed by atoms with E-state index in [2.05, 4.69) is 15.2 Å². The smallest absolute Gasteiger partial charge is 0.276 e. The van der Waals surface area contributed by atoms with E-state index in [1.165, 1.54) is 30.5 Å². The molecule has 0 spiro atoms. The SMILES string of the molecule is C/C(=N\NS(=O)(=O)c1ccc(Cl)cc1)c1cccc(NC(=O)c2ccoc2C)c1. The van der Waals surface area contributed by atoms with Gasteiger partial charge in [-0.15, -0.1) is 0 Å². The summed E-state index contributed by atoms with van der Waals surface area (Å²) in [6, 6.07) is 14.3. The summed E-state index contributed by atoms with van der Waals surface area (Å²) in [5.74, 6) is 0.222. The maximum Gasteiger partial charge on any atom is 0.276 e. The van der Waals surface area contributed by atoms with E-state index >= 15 is 0 Å². The monoisotopic (exact) mass is 431 g/mol. The van der Waals surface area contributed by atoms with Gasteiger partial charge in [-0.05, 0) is 61.9 Å². The van der Waals surface area contributed by atoms with Crippen LogP contribution in [-0.2, 0) is 10.0 Å². The number of nitrogens with one attached hydrogen (secondary N) is 2. The van der Waals surface area contributed by atoms with Crippen molar-refractivity contribution in [1.82, 2.24) is 4.83 Å². The van der Waals surface area contributed by atoms with Crippen molar-refractivity contribution in [3.63, 3.8) is 0 Å². The third-order valence-electron chi connectivity index (χ3n) is 4.10. The highest BCUT2D eigenvalue weighted by atomic mass is 35.5. The number of sulfonamides is 1. The number of carbonyl (C=O) groups excluding carboxylic acids is 1. The van der Waals surface area contributed by atoms with E-state index in [9.17, 15) is 13.2 Å². The summed E-state index contributed by atoms with van der Waals surface area (Å²) >= 11 is 5.78. The van der Waals surface area contributed by atoms with Crippen LogP contribution in [0.25, 0.3) is 0 Å². The van der Waals surface area contributed by atoms with Crippen molar-refractivity contribution in [3.8, 4) is 0 Å². The molecule has 0 radical (unpaired) electrons. The van der Waals surface area contributed by atoms with E-state index in [-0.39, 0.29) is 10.8 Å². The largest absolute Gasteiger partial charge is 0.469 e. The highest BCUT2D eigenvalue weighted by Crippen LogP contribution is 2.16. The first-order valence-corrected chi connectivity index (χ1v) is 10.4. The fourth-order valence-electron chi connectivity index (χ4n) is 2.50. The third kappa shape index (κ3) is 5.04. The molecule has 0 aliphatic carbocycles. The molecule has 2 aromatic carbocycles. The van der Waals surface area contributed by atoms with Crippen molar-refractivity contribution in [2.75, 3.05) is 5.32 Å². The van der Waals surface area contributed by atoms with Gasteiger partial charge in [0.05, 0.1) is 22.4 Å². The molecular formula is C20H18ClN3O4S. The molecule has 0 bridgehead atoms. The summed E-state index contributed by atoms with van der Waals surface area (Å²) in [5, 5.41) is 7.18. The minimum atomic E-state index is -3.82. The molecule has 0 aliphatic heterocycles. The van der Waals surface area contributed by atoms with Gasteiger partial charge in [-0.25, -0.2) is 0 Å². The predicted molar refractivity (Wildman–Crippen MR) is 112 cm³/mol. The van der Waals surface area contributed by atoms with E-state index in [0.29, 0.717) is 33.3 Å². The van der Waals surface area contributed by atoms with Crippen LogP contribution in [0.1, 0.15) is 28.6 Å². The predicted octanol–water partition coefficient (Wildman–Crippen LogP) is 4.20. The molecule has 0 saturated carbocycles. The van der Waals surface area contributed by atoms with E-state index in [4.69, 9.17) is 16.0 Å². The standard InChI is InChI=1S/C20H18ClN3O4S/c1-13(23-24-29(26,27)18-8-6-16(21)7-9-18)15-4-3-5-17(12-15)22-20(25)19-10-11-28-14(19)2/h3-12,24H,1-2H3,(H,22,25)/b23-13+. The molecule has 0 fully saturated rings. The number of amides is 1. The van der Waals surface area contributed by atoms with Crippen LogP contribution in [0.15, 0.2) is 75.3 Å². The molecule has 9 heteroatoms. The molecule has 1 aromatic heterocycles. The van der Waals surface area contributed by atoms with Gasteiger partial charge < -0.3 is 9.73 Å². The van der Waals surface area contributed by atoms with Crippen LogP contribution < -0.4 is 10.1 Å². The number of furan rings is 1. The van der Waals surface area contributed by atoms with Gasteiger partial charge in [0.15, 0.2) is 0 Å². The normalized spacial score (nSPS) is 11.9. The zero-order valence-electron chi connectivity index (χ0n) is 15.6. The lowest BCUT2D eigenvalue weighted by atomic mass is 10.1. The van der Waals surface area contributed by atoms with Gasteiger partial charge in [0, 0.05) is 10.7 Å². The van der Waals surface area contributed by atoms with Crippen molar-refractivity contribution >= 4 is 38.9 Å². The molecule has 1 heterocycles. The van der Waals surface area contributed by atoms with Crippen molar-refractivity contribution in [1.29, 1.82) is 0 Å². The molecule has 29 heavy (non-hydrogen) atoms. The molecular weight excluding hydrogens is 414 g/mol. The maximum atomic E-state index is 12.3. The number of hydrogen-bond donors (Lipinski definition) is 2. The number of aryl methyl sites for hydroxylation is 1. The van der Waals surface area contributed by atoms with Gasteiger partial charge in [-0.3, -0.25) is 4.79 Å². The molecule has 150 valence electrons. The van der Waals surface area contributed by atoms with Crippen LogP contribution in [0.5, 0.6) is 0 Å². The third-order valence-corrected chi connectivity index (χ3v) is 5.58. The topological polar surface area (TPSA) is 101 Å². The Bertz CT molecular complexity index is 1170. The first kappa shape index (κ1) is 20.6. The van der Waals surface area contributed by atoms with E-state index in [1.807, 2.05) is 0 Å². The molecule has 7 nitrogen and oxygen atoms in total. The van der Waals surface area contributed by atoms with Crippen LogP contribution in [0.4, 0.5) is 5.69 Å². The number of rotatable bonds is 6. The van der Waals surface area contributed by atoms with Crippen LogP contribution in [0.3, 0.4) is 0 Å². The Hall–Kier alpha value is -3.10. The summed E-state index contributed by atoms with van der Waals surface area (Å²) in [4.78, 5) is 14.6. The van der Waals surface area contributed by atoms with Gasteiger partial charge in [0.2, 0.25) is 0 Å². The maximum absolute atomic E-state index is 12.3. The Morgan fingerprint density at radius 3 is 2.48 bits per heavy atom. The minimum absolute atomic E-state index is 0.0509. The zero-order chi connectivity index (χ0) is 21.0. The number of carbonyl (C=O) groups is 1. The van der Waals surface area contributed by atoms with E-state index < -0.39 is 10.0 Å². The van der Waals surface area contributed by atoms with Crippen LogP contribution in [0.2, 0.25) is 5.02 Å². The molecule has 3 aromatic rings. The van der Waals surface area contributed by atoms with Crippen LogP contribution in [0, 0.1) is 6.92 Å². The lowest BCUT2D eigenvalue weighted by molar-refractivity contribution is 0.102. The molecule has 0 aliphatic rings. The van der Waals surface area contributed by atoms with Crippen molar-refractivity contribution in [2.24, 2.45) is 5.10 Å². The molecule has 1 amide bonds. The minimum Gasteiger partial charge on any atom is -0.469 e. The Balaban J connectivity index is 1.75. The molecule has 3 rings (SSSR count). The number of nitrogens with zero attached hydrogens (tertiary/aromatic N) is 1. The quantitative estimate of drug-likeness (QED) is 0.451. The van der Waals surface area contributed by atoms with Gasteiger partial charge >= 0.3 is 0 Å². The second-order valence-corrected chi connectivity index (χ2v) is 8.27. The Labute approximate surface area is 173 Å². The van der Waals surface area contributed by atoms with Gasteiger partial charge in [0.25, 0.3) is 15.9 Å². The number of hydrazone groups is 1. The van der Waals surface area contributed by atoms with Gasteiger partial charge in [-0.1, -0.05) is 23.7 Å². The van der Waals surface area contributed by atoms with Crippen molar-refractivity contribution in [3.05, 3.63) is 82.8 Å². The molecule has 0 unspecified atom stereocenters. The van der Waals surface area contributed by atoms with Crippen molar-refractivity contribution < 1.29 is 17.6 Å². The number of anilines is 1. The fraction of sp³-hybridized carbons (Fsp3) is 0.100. The number of hydrogen-bond acceptors (Lipinski definition) is 5. The van der Waals surface area contributed by atoms with Crippen LogP contribution in [-0.4, -0.2) is 20.0 Å². The fourth-order valence-corrected chi connectivity index (χ4v) is 3.48. The molecule has 2 N–H and O–H groups in total. The summed E-state index contributed by atoms with van der Waals surface area (Å²) in [6.07, 6.45) is 1.45. The summed E-state index contributed by atoms with van der Waals surface area (Å²) in [7, 11) is -3.82. The molecule has 0 saturated heterocycles. The second-order valence-electron chi connectivity index (χ2n) is 6.17. The van der Waals surface area contributed by atoms with Gasteiger partial charge in [0.1, 0.15) is 5.76 Å². The van der Waals surface area contributed by atoms with E-state index in [1.54, 1.807) is 44.2 Å². The zero-order valence-corrected chi connectivity index (χ0v) is 17.2. The Morgan fingerprint density at radius 2 is 1.83 bits per heavy atom. The average Bonchev–Trinajstić information content (AvgIpc) is 3.13. The van der Waals surface area contributed by atoms with Crippen LogP contribution >= 0.6 is 11.6 Å². The van der Waals surface area contributed by atoms with Gasteiger partial charge in [-0.2, -0.15) is 18.4 Å². The molecule has 0 atom stereocenters. The van der Waals surface area contributed by atoms with E-state index in [0.717, 1.165) is 0 Å². The number of benzene rings is 2. The highest BCUT2D eigenvalue weighted by Gasteiger charge is 2.14. The summed E-state index contributed by atoms with van der Waals surface area (Å²) < 4.78 is 29.8. The lowest BCUT2D eigenvalue weighted by Gasteiger charge is -2.08. The lowest BCUT2D eigenvalue weighted by Crippen LogP contribution is -2.20. The van der Waals surface area contributed by atoms with Crippen molar-refractivity contribution in [2.45, 2.75) is 18.7 Å². The average molecular weight is 432 g/mol. The first-order chi connectivity index (χ1) is 13.8.